The molecular weight excluding hydrogens is 967 g/mol. The summed E-state index contributed by atoms with van der Waals surface area (Å²) >= 11 is 1.56. The van der Waals surface area contributed by atoms with Gasteiger partial charge in [-0.05, 0) is 59.4 Å². The van der Waals surface area contributed by atoms with Gasteiger partial charge >= 0.3 is 10.2 Å². The molecule has 21 heteroatoms. The summed E-state index contributed by atoms with van der Waals surface area (Å²) < 4.78 is 59.0. The molecule has 3 aromatic carbocycles. The SMILES string of the molecule is CCN(C)S(=O)(=O)Nc1ccc(F)c(C(=O)c2c[nH]c3ncc(-c4ccc(N5CCN(CC(=O)N[C@H](C(=O)N6C[C@H](O)C[C@H]6C(=O)NCc6ccc(-c7scnc7C)cc6)C(C)(C)C)CC5)cc4)cc23)c1F. The summed E-state index contributed by atoms with van der Waals surface area (Å²) in [5.41, 5.74) is 5.07. The lowest BCUT2D eigenvalue weighted by Crippen LogP contribution is -2.59. The molecule has 0 radical (unpaired) electrons. The van der Waals surface area contributed by atoms with E-state index in [1.54, 1.807) is 36.0 Å². The molecular formula is C51H58F2N10O7S2. The lowest BCUT2D eigenvalue weighted by atomic mass is 9.85. The number of H-pyrrole nitrogens is 1. The zero-order valence-corrected chi connectivity index (χ0v) is 42.5. The molecule has 17 nitrogen and oxygen atoms in total. The summed E-state index contributed by atoms with van der Waals surface area (Å²) in [5.74, 6) is -4.64. The highest BCUT2D eigenvalue weighted by atomic mass is 32.2. The fourth-order valence-corrected chi connectivity index (χ4v) is 10.7. The maximum absolute atomic E-state index is 15.7. The molecule has 0 spiro atoms. The summed E-state index contributed by atoms with van der Waals surface area (Å²) in [6.07, 6.45) is 2.12. The lowest BCUT2D eigenvalue weighted by molar-refractivity contribution is -0.144. The van der Waals surface area contributed by atoms with Crippen molar-refractivity contribution in [2.75, 3.05) is 62.5 Å². The summed E-state index contributed by atoms with van der Waals surface area (Å²) in [5, 5.41) is 16.9. The number of aliphatic hydroxyl groups is 1. The highest BCUT2D eigenvalue weighted by Gasteiger charge is 2.44. The first-order valence-corrected chi connectivity index (χ1v) is 25.9. The molecule has 2 fully saturated rings. The molecule has 380 valence electrons. The molecule has 2 aliphatic rings. The number of rotatable bonds is 16. The predicted octanol–water partition coefficient (Wildman–Crippen LogP) is 5.71. The Hall–Kier alpha value is -6.65. The number of benzene rings is 3. The Morgan fingerprint density at radius 2 is 1.65 bits per heavy atom. The molecule has 3 aromatic heterocycles. The average Bonchev–Trinajstić information content (AvgIpc) is 4.11. The third-order valence-corrected chi connectivity index (χ3v) is 15.7. The summed E-state index contributed by atoms with van der Waals surface area (Å²) in [4.78, 5) is 73.4. The Bertz CT molecular complexity index is 3100. The number of thiazole rings is 1. The third-order valence-electron chi connectivity index (χ3n) is 13.2. The molecule has 2 saturated heterocycles. The molecule has 2 aliphatic heterocycles. The number of carbonyl (C=O) groups excluding carboxylic acids is 4. The molecule has 3 atom stereocenters. The number of hydrogen-bond acceptors (Lipinski definition) is 12. The minimum atomic E-state index is -4.16. The lowest BCUT2D eigenvalue weighted by Gasteiger charge is -2.37. The predicted molar refractivity (Wildman–Crippen MR) is 272 cm³/mol. The second-order valence-electron chi connectivity index (χ2n) is 19.2. The first kappa shape index (κ1) is 51.7. The number of hydrogen-bond donors (Lipinski definition) is 5. The van der Waals surface area contributed by atoms with Gasteiger partial charge in [-0.2, -0.15) is 12.7 Å². The number of aromatic amines is 1. The fraction of sp³-hybridized carbons (Fsp3) is 0.373. The van der Waals surface area contributed by atoms with E-state index in [9.17, 15) is 32.7 Å². The number of anilines is 2. The van der Waals surface area contributed by atoms with Crippen LogP contribution in [0.1, 0.15) is 61.3 Å². The second kappa shape index (κ2) is 21.2. The third kappa shape index (κ3) is 11.2. The number of ketones is 1. The van der Waals surface area contributed by atoms with Gasteiger partial charge in [0.2, 0.25) is 23.5 Å². The van der Waals surface area contributed by atoms with Gasteiger partial charge in [0.15, 0.2) is 5.82 Å². The topological polar surface area (TPSA) is 213 Å². The highest BCUT2D eigenvalue weighted by Crippen LogP contribution is 2.32. The zero-order chi connectivity index (χ0) is 51.6. The van der Waals surface area contributed by atoms with Crippen LogP contribution in [0.2, 0.25) is 0 Å². The number of carbonyl (C=O) groups is 4. The number of likely N-dealkylation sites (tertiary alicyclic amines) is 1. The van der Waals surface area contributed by atoms with E-state index >= 15 is 8.78 Å². The van der Waals surface area contributed by atoms with Gasteiger partial charge in [0.1, 0.15) is 23.5 Å². The van der Waals surface area contributed by atoms with Gasteiger partial charge in [0.05, 0.1) is 40.0 Å². The minimum absolute atomic E-state index is 0.0269. The number of β-amino-alcohol motifs (C(OH)–C–C–N with tert-alkyl or cyclic N) is 1. The number of aromatic nitrogens is 3. The number of aryl methyl sites for hydroxylation is 1. The van der Waals surface area contributed by atoms with Gasteiger partial charge < -0.3 is 30.5 Å². The average molecular weight is 1030 g/mol. The molecule has 3 amide bonds. The quantitative estimate of drug-likeness (QED) is 0.0741. The van der Waals surface area contributed by atoms with Crippen molar-refractivity contribution in [2.45, 2.75) is 65.8 Å². The van der Waals surface area contributed by atoms with Gasteiger partial charge in [-0.15, -0.1) is 11.3 Å². The van der Waals surface area contributed by atoms with Crippen LogP contribution in [-0.4, -0.2) is 137 Å². The summed E-state index contributed by atoms with van der Waals surface area (Å²) in [6.45, 7) is 11.8. The van der Waals surface area contributed by atoms with E-state index in [0.29, 0.717) is 42.8 Å². The Morgan fingerprint density at radius 1 is 0.958 bits per heavy atom. The van der Waals surface area contributed by atoms with E-state index in [2.05, 4.69) is 35.2 Å². The monoisotopic (exact) mass is 1020 g/mol. The second-order valence-corrected chi connectivity index (χ2v) is 21.8. The number of piperazine rings is 1. The Labute approximate surface area is 420 Å². The van der Waals surface area contributed by atoms with E-state index in [4.69, 9.17) is 0 Å². The zero-order valence-electron chi connectivity index (χ0n) is 40.8. The number of fused-ring (bicyclic) bond motifs is 1. The number of halogens is 2. The van der Waals surface area contributed by atoms with Crippen LogP contribution in [-0.2, 0) is 31.1 Å². The molecule has 5 heterocycles. The van der Waals surface area contributed by atoms with Crippen molar-refractivity contribution in [2.24, 2.45) is 5.41 Å². The van der Waals surface area contributed by atoms with Crippen LogP contribution < -0.4 is 20.3 Å². The van der Waals surface area contributed by atoms with Crippen LogP contribution >= 0.6 is 11.3 Å². The van der Waals surface area contributed by atoms with Crippen LogP contribution in [0.4, 0.5) is 20.2 Å². The molecule has 8 rings (SSSR count). The maximum atomic E-state index is 15.7. The molecule has 72 heavy (non-hydrogen) atoms. The van der Waals surface area contributed by atoms with E-state index in [0.717, 1.165) is 49.4 Å². The number of nitrogens with zero attached hydrogens (tertiary/aromatic N) is 6. The van der Waals surface area contributed by atoms with Crippen LogP contribution in [0.3, 0.4) is 0 Å². The normalized spacial score (nSPS) is 17.1. The number of pyridine rings is 1. The smallest absolute Gasteiger partial charge is 0.301 e. The van der Waals surface area contributed by atoms with Crippen LogP contribution in [0.5, 0.6) is 0 Å². The number of nitrogens with one attached hydrogen (secondary N) is 4. The van der Waals surface area contributed by atoms with E-state index in [1.165, 1.54) is 18.1 Å². The Morgan fingerprint density at radius 3 is 2.31 bits per heavy atom. The molecule has 0 aliphatic carbocycles. The van der Waals surface area contributed by atoms with Gasteiger partial charge in [-0.1, -0.05) is 64.1 Å². The molecule has 0 bridgehead atoms. The molecule has 6 aromatic rings. The van der Waals surface area contributed by atoms with Crippen molar-refractivity contribution < 1.29 is 41.5 Å². The molecule has 0 saturated carbocycles. The van der Waals surface area contributed by atoms with E-state index < -0.39 is 68.4 Å². The van der Waals surface area contributed by atoms with Gasteiger partial charge in [-0.3, -0.25) is 28.8 Å². The van der Waals surface area contributed by atoms with Gasteiger partial charge in [0, 0.05) is 93.9 Å². The summed E-state index contributed by atoms with van der Waals surface area (Å²) in [7, 11) is -2.87. The van der Waals surface area contributed by atoms with Crippen molar-refractivity contribution in [1.82, 2.24) is 39.7 Å². The molecule has 5 N–H and O–H groups in total. The first-order chi connectivity index (χ1) is 34.2. The standard InChI is InChI=1S/C51H58F2N10O7S2/c1-7-60(6)72(69,70)59-40-17-16-39(52)43(44(40)53)45(66)38-26-55-48-37(38)22-34(25-54-48)32-12-14-35(15-13-32)62-20-18-61(19-21-62)28-42(65)58-47(51(3,4)5)50(68)63-27-36(64)23-41(63)49(67)56-24-31-8-10-33(11-9-31)46-30(2)57-29-71-46/h8-17,22,25-26,29,36,41,47,59,64H,7,18-21,23-24,27-28H2,1-6H3,(H,54,55)(H,56,67)(H,58,65)/t36-,41+,47-/m1/s1. The number of amides is 3. The maximum Gasteiger partial charge on any atom is 0.301 e. The minimum Gasteiger partial charge on any atom is -0.391 e. The van der Waals surface area contributed by atoms with Crippen molar-refractivity contribution in [3.05, 3.63) is 119 Å². The van der Waals surface area contributed by atoms with Crippen molar-refractivity contribution in [1.29, 1.82) is 0 Å². The van der Waals surface area contributed by atoms with Gasteiger partial charge in [0.25, 0.3) is 0 Å². The number of aliphatic hydroxyl groups excluding tert-OH is 1. The molecule has 0 unspecified atom stereocenters. The van der Waals surface area contributed by atoms with E-state index in [1.807, 2.05) is 81.1 Å². The fourth-order valence-electron chi connectivity index (χ4n) is 8.93. The Kier molecular flexibility index (Phi) is 15.2. The van der Waals surface area contributed by atoms with Crippen molar-refractivity contribution >= 4 is 67.5 Å². The highest BCUT2D eigenvalue weighted by molar-refractivity contribution is 7.90. The van der Waals surface area contributed by atoms with Crippen LogP contribution in [0.25, 0.3) is 32.6 Å². The van der Waals surface area contributed by atoms with Crippen LogP contribution in [0.15, 0.2) is 84.6 Å². The van der Waals surface area contributed by atoms with Crippen molar-refractivity contribution in [3.8, 4) is 21.6 Å². The van der Waals surface area contributed by atoms with Crippen molar-refractivity contribution in [3.63, 3.8) is 0 Å². The van der Waals surface area contributed by atoms with E-state index in [-0.39, 0.29) is 50.0 Å². The summed E-state index contributed by atoms with van der Waals surface area (Å²) in [6, 6.07) is 17.1. The van der Waals surface area contributed by atoms with Crippen LogP contribution in [0, 0.1) is 24.0 Å². The largest absolute Gasteiger partial charge is 0.391 e. The Balaban J connectivity index is 0.859. The first-order valence-electron chi connectivity index (χ1n) is 23.6. The van der Waals surface area contributed by atoms with Gasteiger partial charge in [-0.25, -0.2) is 18.7 Å².